The van der Waals surface area contributed by atoms with E-state index in [0.717, 1.165) is 11.4 Å². The quantitative estimate of drug-likeness (QED) is 0.562. The molecule has 0 aliphatic heterocycles. The van der Waals surface area contributed by atoms with Crippen LogP contribution in [0.25, 0.3) is 0 Å². The van der Waals surface area contributed by atoms with Gasteiger partial charge in [0.05, 0.1) is 17.3 Å². The monoisotopic (exact) mass is 397 g/mol. The molecule has 0 spiro atoms. The van der Waals surface area contributed by atoms with Crippen LogP contribution in [0.15, 0.2) is 60.8 Å². The van der Waals surface area contributed by atoms with Gasteiger partial charge in [-0.25, -0.2) is 8.78 Å². The van der Waals surface area contributed by atoms with E-state index in [1.54, 1.807) is 0 Å². The maximum atomic E-state index is 14.3. The molecule has 29 heavy (non-hydrogen) atoms. The third-order valence-corrected chi connectivity index (χ3v) is 5.88. The van der Waals surface area contributed by atoms with E-state index in [1.807, 2.05) is 6.07 Å². The molecule has 0 bridgehead atoms. The van der Waals surface area contributed by atoms with Crippen molar-refractivity contribution in [1.82, 2.24) is 4.57 Å². The summed E-state index contributed by atoms with van der Waals surface area (Å²) in [7, 11) is 0. The van der Waals surface area contributed by atoms with Crippen molar-refractivity contribution >= 4 is 0 Å². The number of hydrogen-bond donors (Lipinski definition) is 1. The van der Waals surface area contributed by atoms with Crippen LogP contribution in [0.3, 0.4) is 0 Å². The molecule has 1 unspecified atom stereocenters. The molecular formula is C25H31F2N2+. The maximum Gasteiger partial charge on any atom is 0.135 e. The maximum absolute atomic E-state index is 14.3. The molecule has 0 radical (unpaired) electrons. The highest BCUT2D eigenvalue weighted by Crippen LogP contribution is 2.13. The average Bonchev–Trinajstić information content (AvgIpc) is 3.10. The van der Waals surface area contributed by atoms with Crippen molar-refractivity contribution in [1.29, 1.82) is 0 Å². The zero-order valence-electron chi connectivity index (χ0n) is 17.8. The van der Waals surface area contributed by atoms with Gasteiger partial charge in [-0.1, -0.05) is 49.7 Å². The Morgan fingerprint density at radius 1 is 0.897 bits per heavy atom. The van der Waals surface area contributed by atoms with Crippen molar-refractivity contribution in [3.05, 3.63) is 94.8 Å². The first-order valence-electron chi connectivity index (χ1n) is 10.3. The minimum absolute atomic E-state index is 0.173. The Bertz CT molecular complexity index is 925. The zero-order chi connectivity index (χ0) is 21.0. The Hall–Kier alpha value is -2.46. The van der Waals surface area contributed by atoms with Crippen molar-refractivity contribution < 1.29 is 13.7 Å². The Labute approximate surface area is 172 Å². The van der Waals surface area contributed by atoms with Crippen LogP contribution >= 0.6 is 0 Å². The second-order valence-electron chi connectivity index (χ2n) is 8.36. The highest BCUT2D eigenvalue weighted by atomic mass is 19.1. The zero-order valence-corrected chi connectivity index (χ0v) is 17.8. The predicted octanol–water partition coefficient (Wildman–Crippen LogP) is 4.75. The van der Waals surface area contributed by atoms with Crippen LogP contribution in [0.5, 0.6) is 0 Å². The SMILES string of the molecule is Cc1cccc(Cn2cccc2C[NH+](Cc2c(F)cccc2F)[C@@H](C)C(C)C)c1. The van der Waals surface area contributed by atoms with Gasteiger partial charge in [0.1, 0.15) is 24.7 Å². The summed E-state index contributed by atoms with van der Waals surface area (Å²) in [5, 5.41) is 0. The topological polar surface area (TPSA) is 9.37 Å². The number of benzene rings is 2. The molecule has 1 aromatic heterocycles. The molecule has 2 aromatic carbocycles. The summed E-state index contributed by atoms with van der Waals surface area (Å²) in [5.74, 6) is -0.526. The minimum atomic E-state index is -0.464. The van der Waals surface area contributed by atoms with Crippen molar-refractivity contribution in [2.75, 3.05) is 0 Å². The lowest BCUT2D eigenvalue weighted by atomic mass is 10.0. The fourth-order valence-corrected chi connectivity index (χ4v) is 3.79. The molecule has 0 aliphatic carbocycles. The number of aryl methyl sites for hydroxylation is 1. The van der Waals surface area contributed by atoms with E-state index >= 15 is 0 Å². The van der Waals surface area contributed by atoms with Gasteiger partial charge in [0.2, 0.25) is 0 Å². The summed E-state index contributed by atoms with van der Waals surface area (Å²) >= 11 is 0. The van der Waals surface area contributed by atoms with Gasteiger partial charge in [-0.3, -0.25) is 0 Å². The summed E-state index contributed by atoms with van der Waals surface area (Å²) in [6, 6.07) is 17.0. The molecule has 3 aromatic rings. The van der Waals surface area contributed by atoms with Gasteiger partial charge in [-0.15, -0.1) is 0 Å². The van der Waals surface area contributed by atoms with Crippen molar-refractivity contribution in [3.8, 4) is 0 Å². The second kappa shape index (κ2) is 9.36. The first-order chi connectivity index (χ1) is 13.8. The van der Waals surface area contributed by atoms with Crippen LogP contribution in [0.1, 0.15) is 43.2 Å². The number of nitrogens with zero attached hydrogens (tertiary/aromatic N) is 1. The molecule has 1 N–H and O–H groups in total. The standard InChI is InChI=1S/C25H30F2N2/c1-18(2)20(4)29(17-23-24(26)11-6-12-25(23)27)16-22-10-7-13-28(22)15-21-9-5-8-19(3)14-21/h5-14,18,20H,15-17H2,1-4H3/p+1/t20-/m0/s1. The number of rotatable bonds is 8. The van der Waals surface area contributed by atoms with Gasteiger partial charge in [-0.05, 0) is 43.7 Å². The Morgan fingerprint density at radius 3 is 2.24 bits per heavy atom. The number of hydrogen-bond acceptors (Lipinski definition) is 0. The van der Waals surface area contributed by atoms with E-state index in [0.29, 0.717) is 19.0 Å². The van der Waals surface area contributed by atoms with E-state index in [2.05, 4.69) is 68.8 Å². The van der Waals surface area contributed by atoms with E-state index in [-0.39, 0.29) is 11.6 Å². The first-order valence-corrected chi connectivity index (χ1v) is 10.3. The average molecular weight is 398 g/mol. The van der Waals surface area contributed by atoms with Crippen LogP contribution in [0.4, 0.5) is 8.78 Å². The Kier molecular flexibility index (Phi) is 6.86. The van der Waals surface area contributed by atoms with Gasteiger partial charge in [0, 0.05) is 18.7 Å². The largest absolute Gasteiger partial charge is 0.342 e. The summed E-state index contributed by atoms with van der Waals surface area (Å²) in [6.07, 6.45) is 2.08. The molecule has 2 nitrogen and oxygen atoms in total. The van der Waals surface area contributed by atoms with Crippen LogP contribution in [0.2, 0.25) is 0 Å². The molecule has 0 saturated carbocycles. The van der Waals surface area contributed by atoms with Crippen LogP contribution in [-0.2, 0) is 19.6 Å². The molecule has 4 heteroatoms. The van der Waals surface area contributed by atoms with Gasteiger partial charge in [0.15, 0.2) is 0 Å². The van der Waals surface area contributed by atoms with Crippen molar-refractivity contribution in [2.45, 2.75) is 53.4 Å². The Morgan fingerprint density at radius 2 is 1.59 bits per heavy atom. The van der Waals surface area contributed by atoms with Crippen molar-refractivity contribution in [3.63, 3.8) is 0 Å². The van der Waals surface area contributed by atoms with Gasteiger partial charge >= 0.3 is 0 Å². The van der Waals surface area contributed by atoms with Gasteiger partial charge in [-0.2, -0.15) is 0 Å². The minimum Gasteiger partial charge on any atom is -0.342 e. The molecule has 0 saturated heterocycles. The molecule has 3 rings (SSSR count). The van der Waals surface area contributed by atoms with Crippen molar-refractivity contribution in [2.24, 2.45) is 5.92 Å². The van der Waals surface area contributed by atoms with Gasteiger partial charge < -0.3 is 9.47 Å². The van der Waals surface area contributed by atoms with E-state index in [4.69, 9.17) is 0 Å². The Balaban J connectivity index is 1.84. The summed E-state index contributed by atoms with van der Waals surface area (Å²) in [5.41, 5.74) is 3.84. The third-order valence-electron chi connectivity index (χ3n) is 5.88. The highest BCUT2D eigenvalue weighted by molar-refractivity contribution is 5.23. The summed E-state index contributed by atoms with van der Waals surface area (Å²) < 4.78 is 30.8. The number of quaternary nitrogens is 1. The molecule has 0 fully saturated rings. The lowest BCUT2D eigenvalue weighted by Gasteiger charge is -2.29. The molecule has 0 amide bonds. The highest BCUT2D eigenvalue weighted by Gasteiger charge is 2.25. The van der Waals surface area contributed by atoms with E-state index in [1.165, 1.54) is 35.0 Å². The second-order valence-corrected chi connectivity index (χ2v) is 8.36. The summed E-state index contributed by atoms with van der Waals surface area (Å²) in [6.45, 7) is 10.4. The van der Waals surface area contributed by atoms with Crippen LogP contribution < -0.4 is 4.90 Å². The summed E-state index contributed by atoms with van der Waals surface area (Å²) in [4.78, 5) is 1.16. The third kappa shape index (κ3) is 5.33. The molecule has 0 aliphatic rings. The molecular weight excluding hydrogens is 366 g/mol. The van der Waals surface area contributed by atoms with Crippen LogP contribution in [0, 0.1) is 24.5 Å². The predicted molar refractivity (Wildman–Crippen MR) is 114 cm³/mol. The molecule has 1 heterocycles. The molecule has 2 atom stereocenters. The lowest BCUT2D eigenvalue weighted by molar-refractivity contribution is -0.954. The lowest BCUT2D eigenvalue weighted by Crippen LogP contribution is -3.13. The normalized spacial score (nSPS) is 13.6. The molecule has 154 valence electrons. The smallest absolute Gasteiger partial charge is 0.135 e. The van der Waals surface area contributed by atoms with E-state index < -0.39 is 11.6 Å². The fourth-order valence-electron chi connectivity index (χ4n) is 3.79. The number of halogens is 2. The first kappa shape index (κ1) is 21.3. The van der Waals surface area contributed by atoms with Crippen LogP contribution in [-0.4, -0.2) is 10.6 Å². The van der Waals surface area contributed by atoms with Gasteiger partial charge in [0.25, 0.3) is 0 Å². The van der Waals surface area contributed by atoms with E-state index in [9.17, 15) is 8.78 Å². The fraction of sp³-hybridized carbons (Fsp3) is 0.360. The number of nitrogens with one attached hydrogen (secondary N) is 1. The number of aromatic nitrogens is 1.